The average Bonchev–Trinajstić information content (AvgIpc) is 3.06. The molecule has 0 saturated carbocycles. The Kier molecular flexibility index (Phi) is 5.67. The molecule has 1 unspecified atom stereocenters. The number of rotatable bonds is 3. The van der Waals surface area contributed by atoms with E-state index < -0.39 is 11.6 Å². The van der Waals surface area contributed by atoms with E-state index in [2.05, 4.69) is 19.9 Å². The molecule has 1 aliphatic heterocycles. The summed E-state index contributed by atoms with van der Waals surface area (Å²) in [5, 5.41) is 0.786. The van der Waals surface area contributed by atoms with Gasteiger partial charge in [-0.15, -0.1) is 0 Å². The standard InChI is InChI=1S/C22H21ClF2N6OS/c1-32-22-29-17-12(20(30-22)31-7-2-3-10(26)6-8-31)9-13(23)15(16(17)25)11-4-5-14(24)19-18(11)28-21(27)33-19/h4-5,9-10H,2-3,6-8,26H2,1H3,(H2,27,28). The molecule has 7 nitrogen and oxygen atoms in total. The maximum atomic E-state index is 16.0. The van der Waals surface area contributed by atoms with Crippen molar-refractivity contribution in [2.24, 2.45) is 5.73 Å². The second-order valence-electron chi connectivity index (χ2n) is 7.98. The van der Waals surface area contributed by atoms with Gasteiger partial charge >= 0.3 is 6.01 Å². The highest BCUT2D eigenvalue weighted by atomic mass is 35.5. The number of aromatic nitrogens is 3. The van der Waals surface area contributed by atoms with Crippen LogP contribution in [0.1, 0.15) is 19.3 Å². The highest BCUT2D eigenvalue weighted by molar-refractivity contribution is 7.22. The highest BCUT2D eigenvalue weighted by Gasteiger charge is 2.25. The molecule has 4 N–H and O–H groups in total. The molecule has 3 heterocycles. The zero-order valence-electron chi connectivity index (χ0n) is 17.7. The molecule has 33 heavy (non-hydrogen) atoms. The fraction of sp³-hybridized carbons (Fsp3) is 0.318. The van der Waals surface area contributed by atoms with E-state index in [0.29, 0.717) is 23.3 Å². The molecule has 11 heteroatoms. The molecule has 2 aromatic heterocycles. The van der Waals surface area contributed by atoms with Gasteiger partial charge < -0.3 is 21.1 Å². The second kappa shape index (κ2) is 8.51. The van der Waals surface area contributed by atoms with Crippen LogP contribution < -0.4 is 21.1 Å². The van der Waals surface area contributed by atoms with Gasteiger partial charge in [-0.1, -0.05) is 22.9 Å². The first-order valence-electron chi connectivity index (χ1n) is 10.5. The first-order chi connectivity index (χ1) is 15.9. The average molecular weight is 491 g/mol. The summed E-state index contributed by atoms with van der Waals surface area (Å²) in [6.07, 6.45) is 2.59. The van der Waals surface area contributed by atoms with Crippen LogP contribution in [0.3, 0.4) is 0 Å². The van der Waals surface area contributed by atoms with Gasteiger partial charge in [0.05, 0.1) is 22.3 Å². The van der Waals surface area contributed by atoms with E-state index >= 15 is 4.39 Å². The van der Waals surface area contributed by atoms with Crippen molar-refractivity contribution >= 4 is 55.0 Å². The largest absolute Gasteiger partial charge is 0.467 e. The minimum atomic E-state index is -0.662. The molecule has 1 saturated heterocycles. The zero-order chi connectivity index (χ0) is 23.3. The Morgan fingerprint density at radius 1 is 1.15 bits per heavy atom. The molecule has 1 atom stereocenters. The van der Waals surface area contributed by atoms with Crippen molar-refractivity contribution in [3.05, 3.63) is 34.9 Å². The molecule has 1 fully saturated rings. The molecular weight excluding hydrogens is 470 g/mol. The predicted octanol–water partition coefficient (Wildman–Crippen LogP) is 4.75. The van der Waals surface area contributed by atoms with Gasteiger partial charge in [0.1, 0.15) is 17.2 Å². The highest BCUT2D eigenvalue weighted by Crippen LogP contribution is 2.42. The summed E-state index contributed by atoms with van der Waals surface area (Å²) in [6.45, 7) is 1.40. The quantitative estimate of drug-likeness (QED) is 0.427. The number of halogens is 3. The number of ether oxygens (including phenoxy) is 1. The van der Waals surface area contributed by atoms with Gasteiger partial charge in [-0.25, -0.2) is 13.8 Å². The van der Waals surface area contributed by atoms with Gasteiger partial charge in [-0.05, 0) is 37.5 Å². The Bertz CT molecular complexity index is 1380. The van der Waals surface area contributed by atoms with Gasteiger partial charge in [0.25, 0.3) is 0 Å². The summed E-state index contributed by atoms with van der Waals surface area (Å²) < 4.78 is 35.9. The number of nitrogens with zero attached hydrogens (tertiary/aromatic N) is 4. The Balaban J connectivity index is 1.75. The molecule has 172 valence electrons. The monoisotopic (exact) mass is 490 g/mol. The zero-order valence-corrected chi connectivity index (χ0v) is 19.3. The summed E-state index contributed by atoms with van der Waals surface area (Å²) in [5.74, 6) is -0.600. The van der Waals surface area contributed by atoms with Crippen molar-refractivity contribution in [3.8, 4) is 17.1 Å². The van der Waals surface area contributed by atoms with Crippen molar-refractivity contribution < 1.29 is 13.5 Å². The normalized spacial score (nSPS) is 17.0. The summed E-state index contributed by atoms with van der Waals surface area (Å²) in [7, 11) is 1.43. The van der Waals surface area contributed by atoms with E-state index in [1.54, 1.807) is 6.07 Å². The maximum absolute atomic E-state index is 16.0. The summed E-state index contributed by atoms with van der Waals surface area (Å²) in [4.78, 5) is 15.1. The second-order valence-corrected chi connectivity index (χ2v) is 9.42. The van der Waals surface area contributed by atoms with Crippen LogP contribution in [0.2, 0.25) is 5.02 Å². The summed E-state index contributed by atoms with van der Waals surface area (Å²) in [5.41, 5.74) is 12.6. The van der Waals surface area contributed by atoms with Crippen LogP contribution in [0, 0.1) is 11.6 Å². The van der Waals surface area contributed by atoms with Crippen molar-refractivity contribution in [3.63, 3.8) is 0 Å². The first-order valence-corrected chi connectivity index (χ1v) is 11.7. The molecule has 0 radical (unpaired) electrons. The fourth-order valence-corrected chi connectivity index (χ4v) is 5.32. The number of benzene rings is 2. The number of methoxy groups -OCH3 is 1. The molecular formula is C22H21ClF2N6OS. The third kappa shape index (κ3) is 3.81. The number of thiazole rings is 1. The van der Waals surface area contributed by atoms with Crippen molar-refractivity contribution in [2.45, 2.75) is 25.3 Å². The van der Waals surface area contributed by atoms with Crippen LogP contribution in [-0.2, 0) is 0 Å². The third-order valence-electron chi connectivity index (χ3n) is 5.88. The van der Waals surface area contributed by atoms with Crippen molar-refractivity contribution in [2.75, 3.05) is 30.8 Å². The van der Waals surface area contributed by atoms with Crippen LogP contribution in [0.5, 0.6) is 6.01 Å². The Morgan fingerprint density at radius 3 is 2.76 bits per heavy atom. The lowest BCUT2D eigenvalue weighted by Crippen LogP contribution is -2.27. The SMILES string of the molecule is COc1nc(N2CCCC(N)CC2)c2cc(Cl)c(-c3ccc(F)c4sc(N)nc34)c(F)c2n1. The summed E-state index contributed by atoms with van der Waals surface area (Å²) >= 11 is 7.61. The van der Waals surface area contributed by atoms with Gasteiger partial charge in [-0.3, -0.25) is 0 Å². The number of fused-ring (bicyclic) bond motifs is 2. The molecule has 5 rings (SSSR count). The molecule has 1 aliphatic rings. The lowest BCUT2D eigenvalue weighted by atomic mass is 10.0. The molecule has 0 spiro atoms. The molecule has 0 aliphatic carbocycles. The van der Waals surface area contributed by atoms with E-state index in [1.807, 2.05) is 0 Å². The molecule has 2 aromatic carbocycles. The van der Waals surface area contributed by atoms with Crippen molar-refractivity contribution in [1.82, 2.24) is 15.0 Å². The van der Waals surface area contributed by atoms with Crippen LogP contribution in [-0.4, -0.2) is 41.2 Å². The fourth-order valence-electron chi connectivity index (χ4n) is 4.27. The number of hydrogen-bond donors (Lipinski definition) is 2. The number of nitrogen functional groups attached to an aromatic ring is 1. The number of hydrogen-bond acceptors (Lipinski definition) is 8. The van der Waals surface area contributed by atoms with Crippen LogP contribution in [0.4, 0.5) is 19.7 Å². The van der Waals surface area contributed by atoms with E-state index in [1.165, 1.54) is 19.2 Å². The topological polar surface area (TPSA) is 103 Å². The van der Waals surface area contributed by atoms with E-state index in [4.69, 9.17) is 27.8 Å². The van der Waals surface area contributed by atoms with Gasteiger partial charge in [0.2, 0.25) is 0 Å². The molecule has 0 amide bonds. The molecule has 4 aromatic rings. The smallest absolute Gasteiger partial charge is 0.318 e. The lowest BCUT2D eigenvalue weighted by Gasteiger charge is -2.24. The van der Waals surface area contributed by atoms with Crippen LogP contribution >= 0.6 is 22.9 Å². The lowest BCUT2D eigenvalue weighted by molar-refractivity contribution is 0.381. The maximum Gasteiger partial charge on any atom is 0.318 e. The molecule has 0 bridgehead atoms. The minimum Gasteiger partial charge on any atom is -0.467 e. The van der Waals surface area contributed by atoms with E-state index in [-0.39, 0.29) is 43.5 Å². The van der Waals surface area contributed by atoms with E-state index in [0.717, 1.165) is 37.1 Å². The minimum absolute atomic E-state index is 0.0420. The summed E-state index contributed by atoms with van der Waals surface area (Å²) in [6, 6.07) is 4.49. The van der Waals surface area contributed by atoms with Crippen molar-refractivity contribution in [1.29, 1.82) is 0 Å². The predicted molar refractivity (Wildman–Crippen MR) is 128 cm³/mol. The van der Waals surface area contributed by atoms with Gasteiger partial charge in [0.15, 0.2) is 10.9 Å². The third-order valence-corrected chi connectivity index (χ3v) is 7.07. The van der Waals surface area contributed by atoms with Crippen LogP contribution in [0.25, 0.3) is 32.2 Å². The van der Waals surface area contributed by atoms with Gasteiger partial charge in [-0.2, -0.15) is 9.97 Å². The Morgan fingerprint density at radius 2 is 1.97 bits per heavy atom. The van der Waals surface area contributed by atoms with Gasteiger partial charge in [0, 0.05) is 35.6 Å². The van der Waals surface area contributed by atoms with Crippen LogP contribution in [0.15, 0.2) is 18.2 Å². The van der Waals surface area contributed by atoms with E-state index in [9.17, 15) is 4.39 Å². The number of nitrogens with two attached hydrogens (primary N) is 2. The first kappa shape index (κ1) is 22.0. The Hall–Kier alpha value is -2.82. The number of anilines is 2. The Labute approximate surface area is 197 Å².